The van der Waals surface area contributed by atoms with E-state index in [1.807, 2.05) is 31.3 Å². The maximum Gasteiger partial charge on any atom is 0.254 e. The van der Waals surface area contributed by atoms with Crippen LogP contribution in [-0.4, -0.2) is 45.6 Å². The Balaban J connectivity index is 1.80. The summed E-state index contributed by atoms with van der Waals surface area (Å²) in [5.74, 6) is -0.148. The first-order valence-corrected chi connectivity index (χ1v) is 7.89. The molecule has 1 aliphatic rings. The van der Waals surface area contributed by atoms with E-state index in [4.69, 9.17) is 0 Å². The van der Waals surface area contributed by atoms with Gasteiger partial charge in [-0.05, 0) is 36.8 Å². The third-order valence-corrected chi connectivity index (χ3v) is 4.04. The quantitative estimate of drug-likeness (QED) is 0.933. The molecule has 0 spiro atoms. The average Bonchev–Trinajstić information content (AvgIpc) is 3.11. The third kappa shape index (κ3) is 3.11. The molecule has 0 saturated carbocycles. The highest BCUT2D eigenvalue weighted by Crippen LogP contribution is 2.16. The minimum Gasteiger partial charge on any atom is -0.353 e. The normalized spacial score (nSPS) is 17.9. The van der Waals surface area contributed by atoms with Crippen LogP contribution in [-0.2, 0) is 4.79 Å². The summed E-state index contributed by atoms with van der Waals surface area (Å²) in [6.45, 7) is 3.08. The van der Waals surface area contributed by atoms with Gasteiger partial charge in [0.2, 0.25) is 5.91 Å². The van der Waals surface area contributed by atoms with Gasteiger partial charge < -0.3 is 10.2 Å². The Labute approximate surface area is 135 Å². The van der Waals surface area contributed by atoms with Gasteiger partial charge in [-0.1, -0.05) is 13.3 Å². The molecule has 1 saturated heterocycles. The van der Waals surface area contributed by atoms with E-state index in [0.29, 0.717) is 25.1 Å². The van der Waals surface area contributed by atoms with Crippen LogP contribution in [0.3, 0.4) is 0 Å². The van der Waals surface area contributed by atoms with Crippen LogP contribution >= 0.6 is 0 Å². The van der Waals surface area contributed by atoms with E-state index >= 15 is 0 Å². The Morgan fingerprint density at radius 1 is 1.35 bits per heavy atom. The first-order valence-electron chi connectivity index (χ1n) is 7.89. The molecule has 0 aliphatic carbocycles. The van der Waals surface area contributed by atoms with Crippen LogP contribution in [0.2, 0.25) is 0 Å². The number of aromatic nitrogens is 2. The van der Waals surface area contributed by atoms with Crippen molar-refractivity contribution in [3.05, 3.63) is 48.3 Å². The third-order valence-electron chi connectivity index (χ3n) is 4.04. The van der Waals surface area contributed by atoms with Gasteiger partial charge in [0.25, 0.3) is 5.91 Å². The van der Waals surface area contributed by atoms with Crippen molar-refractivity contribution < 1.29 is 9.59 Å². The molecule has 1 aromatic carbocycles. The minimum absolute atomic E-state index is 0.0559. The van der Waals surface area contributed by atoms with E-state index < -0.39 is 0 Å². The fourth-order valence-corrected chi connectivity index (χ4v) is 2.86. The number of carbonyl (C=O) groups is 2. The number of amides is 2. The van der Waals surface area contributed by atoms with Gasteiger partial charge in [-0.25, -0.2) is 4.68 Å². The Kier molecular flexibility index (Phi) is 4.41. The van der Waals surface area contributed by atoms with Gasteiger partial charge in [-0.3, -0.25) is 9.59 Å². The van der Waals surface area contributed by atoms with E-state index in [2.05, 4.69) is 10.4 Å². The summed E-state index contributed by atoms with van der Waals surface area (Å²) in [6, 6.07) is 8.77. The van der Waals surface area contributed by atoms with E-state index in [0.717, 1.165) is 12.1 Å². The lowest BCUT2D eigenvalue weighted by Gasteiger charge is -2.35. The number of nitrogens with zero attached hydrogens (tertiary/aromatic N) is 3. The fourth-order valence-electron chi connectivity index (χ4n) is 2.86. The molecule has 1 atom stereocenters. The molecular formula is C17H20N4O2. The molecule has 0 bridgehead atoms. The molecule has 1 aliphatic heterocycles. The van der Waals surface area contributed by atoms with E-state index in [9.17, 15) is 9.59 Å². The molecular weight excluding hydrogens is 292 g/mol. The Morgan fingerprint density at radius 2 is 2.13 bits per heavy atom. The second-order valence-electron chi connectivity index (χ2n) is 5.59. The van der Waals surface area contributed by atoms with Crippen LogP contribution in [0, 0.1) is 0 Å². The van der Waals surface area contributed by atoms with Gasteiger partial charge in [0, 0.05) is 31.0 Å². The minimum atomic E-state index is -0.368. The van der Waals surface area contributed by atoms with Crippen molar-refractivity contribution in [1.29, 1.82) is 0 Å². The molecule has 2 heterocycles. The highest BCUT2D eigenvalue weighted by atomic mass is 16.2. The predicted molar refractivity (Wildman–Crippen MR) is 86.3 cm³/mol. The molecule has 2 aromatic rings. The SMILES string of the molecule is CCC[C@@H]1C(=O)NCCN1C(=O)c1ccc(-n2cccn2)cc1. The monoisotopic (exact) mass is 312 g/mol. The fraction of sp³-hybridized carbons (Fsp3) is 0.353. The lowest BCUT2D eigenvalue weighted by atomic mass is 10.0. The zero-order chi connectivity index (χ0) is 16.2. The molecule has 3 rings (SSSR count). The number of rotatable bonds is 4. The molecule has 0 radical (unpaired) electrons. The van der Waals surface area contributed by atoms with Crippen LogP contribution in [0.4, 0.5) is 0 Å². The lowest BCUT2D eigenvalue weighted by Crippen LogP contribution is -2.57. The Morgan fingerprint density at radius 3 is 2.78 bits per heavy atom. The van der Waals surface area contributed by atoms with Crippen molar-refractivity contribution >= 4 is 11.8 Å². The highest BCUT2D eigenvalue weighted by molar-refractivity contribution is 5.98. The van der Waals surface area contributed by atoms with E-state index in [-0.39, 0.29) is 17.9 Å². The van der Waals surface area contributed by atoms with Crippen LogP contribution in [0.15, 0.2) is 42.7 Å². The largest absolute Gasteiger partial charge is 0.353 e. The summed E-state index contributed by atoms with van der Waals surface area (Å²) in [5, 5.41) is 7.00. The number of piperazine rings is 1. The van der Waals surface area contributed by atoms with Crippen LogP contribution in [0.25, 0.3) is 5.69 Å². The highest BCUT2D eigenvalue weighted by Gasteiger charge is 2.32. The van der Waals surface area contributed by atoms with Crippen molar-refractivity contribution in [3.63, 3.8) is 0 Å². The Bertz CT molecular complexity index is 679. The number of benzene rings is 1. The molecule has 6 nitrogen and oxygen atoms in total. The van der Waals surface area contributed by atoms with Crippen molar-refractivity contribution in [2.24, 2.45) is 0 Å². The van der Waals surface area contributed by atoms with E-state index in [1.54, 1.807) is 27.9 Å². The van der Waals surface area contributed by atoms with Gasteiger partial charge >= 0.3 is 0 Å². The van der Waals surface area contributed by atoms with Gasteiger partial charge in [0.1, 0.15) is 6.04 Å². The zero-order valence-corrected chi connectivity index (χ0v) is 13.1. The summed E-state index contributed by atoms with van der Waals surface area (Å²) < 4.78 is 1.74. The first-order chi connectivity index (χ1) is 11.2. The van der Waals surface area contributed by atoms with Crippen LogP contribution in [0.1, 0.15) is 30.1 Å². The number of carbonyl (C=O) groups excluding carboxylic acids is 2. The van der Waals surface area contributed by atoms with Crippen LogP contribution in [0.5, 0.6) is 0 Å². The molecule has 23 heavy (non-hydrogen) atoms. The number of hydrogen-bond acceptors (Lipinski definition) is 3. The molecule has 120 valence electrons. The average molecular weight is 312 g/mol. The second kappa shape index (κ2) is 6.64. The smallest absolute Gasteiger partial charge is 0.254 e. The summed E-state index contributed by atoms with van der Waals surface area (Å²) in [6.07, 6.45) is 5.10. The second-order valence-corrected chi connectivity index (χ2v) is 5.59. The number of hydrogen-bond donors (Lipinski definition) is 1. The molecule has 1 aromatic heterocycles. The predicted octanol–water partition coefficient (Wildman–Crippen LogP) is 1.61. The van der Waals surface area contributed by atoms with Crippen LogP contribution < -0.4 is 5.32 Å². The summed E-state index contributed by atoms with van der Waals surface area (Å²) in [5.41, 5.74) is 1.49. The lowest BCUT2D eigenvalue weighted by molar-refractivity contribution is -0.128. The van der Waals surface area contributed by atoms with Gasteiger partial charge in [0.15, 0.2) is 0 Å². The number of nitrogens with one attached hydrogen (secondary N) is 1. The van der Waals surface area contributed by atoms with Crippen molar-refractivity contribution in [1.82, 2.24) is 20.0 Å². The van der Waals surface area contributed by atoms with E-state index in [1.165, 1.54) is 0 Å². The zero-order valence-electron chi connectivity index (χ0n) is 13.1. The maximum atomic E-state index is 12.8. The van der Waals surface area contributed by atoms with Crippen molar-refractivity contribution in [3.8, 4) is 5.69 Å². The summed E-state index contributed by atoms with van der Waals surface area (Å²) in [7, 11) is 0. The molecule has 1 N–H and O–H groups in total. The maximum absolute atomic E-state index is 12.8. The summed E-state index contributed by atoms with van der Waals surface area (Å²) >= 11 is 0. The van der Waals surface area contributed by atoms with Crippen molar-refractivity contribution in [2.75, 3.05) is 13.1 Å². The molecule has 1 fully saturated rings. The van der Waals surface area contributed by atoms with Gasteiger partial charge in [-0.15, -0.1) is 0 Å². The topological polar surface area (TPSA) is 67.2 Å². The van der Waals surface area contributed by atoms with Gasteiger partial charge in [-0.2, -0.15) is 5.10 Å². The Hall–Kier alpha value is -2.63. The molecule has 0 unspecified atom stereocenters. The first kappa shape index (κ1) is 15.3. The molecule has 6 heteroatoms. The molecule has 2 amide bonds. The standard InChI is InChI=1S/C17H20N4O2/c1-2-4-15-16(22)18-10-12-20(15)17(23)13-5-7-14(8-6-13)21-11-3-9-19-21/h3,5-9,11,15H,2,4,10,12H2,1H3,(H,18,22)/t15-/m1/s1. The summed E-state index contributed by atoms with van der Waals surface area (Å²) in [4.78, 5) is 26.5. The van der Waals surface area contributed by atoms with Gasteiger partial charge in [0.05, 0.1) is 5.69 Å². The van der Waals surface area contributed by atoms with Crippen molar-refractivity contribution in [2.45, 2.75) is 25.8 Å².